The van der Waals surface area contributed by atoms with E-state index in [1.807, 2.05) is 79.7 Å². The smallest absolute Gasteiger partial charge is 0.320 e. The molecule has 262 valence electrons. The summed E-state index contributed by atoms with van der Waals surface area (Å²) < 4.78 is 6.12. The summed E-state index contributed by atoms with van der Waals surface area (Å²) in [5, 5.41) is 12.7. The van der Waals surface area contributed by atoms with E-state index < -0.39 is 12.0 Å². The average Bonchev–Trinajstić information content (AvgIpc) is 3.13. The maximum atomic E-state index is 13.5. The number of aliphatic carboxylic acids is 1. The number of hydrogen-bond acceptors (Lipinski definition) is 6. The number of nitrogens with one attached hydrogen (secondary N) is 1. The highest BCUT2D eigenvalue weighted by molar-refractivity contribution is 6.09. The van der Waals surface area contributed by atoms with Crippen LogP contribution in [0.5, 0.6) is 5.75 Å². The lowest BCUT2D eigenvalue weighted by molar-refractivity contribution is -0.144. The van der Waals surface area contributed by atoms with Crippen molar-refractivity contribution in [2.45, 2.75) is 45.1 Å². The number of carbonyl (C=O) groups is 3. The van der Waals surface area contributed by atoms with Crippen molar-refractivity contribution in [1.82, 2.24) is 9.80 Å². The van der Waals surface area contributed by atoms with Crippen LogP contribution in [0.3, 0.4) is 0 Å². The summed E-state index contributed by atoms with van der Waals surface area (Å²) in [6.45, 7) is 5.93. The Morgan fingerprint density at radius 3 is 2.20 bits per heavy atom. The molecule has 1 aliphatic heterocycles. The van der Waals surface area contributed by atoms with Gasteiger partial charge in [0.2, 0.25) is 0 Å². The number of rotatable bonds is 15. The molecular formula is C41H48N4O5. The van der Waals surface area contributed by atoms with E-state index in [-0.39, 0.29) is 11.8 Å². The summed E-state index contributed by atoms with van der Waals surface area (Å²) in [7, 11) is 3.79. The molecule has 4 aromatic carbocycles. The zero-order valence-corrected chi connectivity index (χ0v) is 29.3. The van der Waals surface area contributed by atoms with Gasteiger partial charge in [0.1, 0.15) is 11.8 Å². The van der Waals surface area contributed by atoms with Gasteiger partial charge in [-0.25, -0.2) is 0 Å². The van der Waals surface area contributed by atoms with Gasteiger partial charge in [0.05, 0.1) is 12.3 Å². The number of carboxylic acids is 1. The molecule has 2 N–H and O–H groups in total. The first-order valence-corrected chi connectivity index (χ1v) is 17.4. The van der Waals surface area contributed by atoms with Gasteiger partial charge >= 0.3 is 5.97 Å². The van der Waals surface area contributed by atoms with Gasteiger partial charge in [0.25, 0.3) is 11.8 Å². The molecule has 9 nitrogen and oxygen atoms in total. The number of piperazine rings is 1. The van der Waals surface area contributed by atoms with Crippen LogP contribution in [0.1, 0.15) is 58.4 Å². The first kappa shape index (κ1) is 36.3. The van der Waals surface area contributed by atoms with Gasteiger partial charge in [-0.15, -0.1) is 0 Å². The lowest BCUT2D eigenvalue weighted by Crippen LogP contribution is -2.51. The fourth-order valence-corrected chi connectivity index (χ4v) is 6.29. The lowest BCUT2D eigenvalue weighted by Gasteiger charge is -2.36. The summed E-state index contributed by atoms with van der Waals surface area (Å²) >= 11 is 0. The van der Waals surface area contributed by atoms with Gasteiger partial charge in [0, 0.05) is 50.0 Å². The van der Waals surface area contributed by atoms with Crippen LogP contribution in [0, 0.1) is 6.92 Å². The van der Waals surface area contributed by atoms with Crippen molar-refractivity contribution < 1.29 is 24.2 Å². The number of benzene rings is 4. The Kier molecular flexibility index (Phi) is 12.8. The van der Waals surface area contributed by atoms with Gasteiger partial charge < -0.3 is 25.0 Å². The SMILES string of the molecule is Cc1ccc(-c2ccccc2C(=O)Nc2ccc(C(=O)N(C)c3ccccc3OCCCCCCC(C(=O)O)N3CCN(C)CC3)cc2)cc1. The second-order valence-corrected chi connectivity index (χ2v) is 13.0. The third-order valence-electron chi connectivity index (χ3n) is 9.35. The number of hydrogen-bond donors (Lipinski definition) is 2. The normalized spacial score (nSPS) is 14.1. The van der Waals surface area contributed by atoms with Crippen molar-refractivity contribution in [1.29, 1.82) is 0 Å². The Morgan fingerprint density at radius 1 is 0.820 bits per heavy atom. The molecule has 4 aromatic rings. The van der Waals surface area contributed by atoms with E-state index in [0.29, 0.717) is 41.3 Å². The average molecular weight is 677 g/mol. The molecular weight excluding hydrogens is 628 g/mol. The van der Waals surface area contributed by atoms with Crippen LogP contribution >= 0.6 is 0 Å². The van der Waals surface area contributed by atoms with Crippen molar-refractivity contribution in [3.05, 3.63) is 114 Å². The van der Waals surface area contributed by atoms with Crippen LogP contribution in [0.15, 0.2) is 97.1 Å². The summed E-state index contributed by atoms with van der Waals surface area (Å²) in [5.74, 6) is -0.525. The Hall–Kier alpha value is -4.99. The number of carboxylic acid groups (broad SMARTS) is 1. The predicted octanol–water partition coefficient (Wildman–Crippen LogP) is 7.22. The first-order valence-electron chi connectivity index (χ1n) is 17.4. The topological polar surface area (TPSA) is 102 Å². The second kappa shape index (κ2) is 17.6. The van der Waals surface area contributed by atoms with Crippen molar-refractivity contribution in [3.63, 3.8) is 0 Å². The van der Waals surface area contributed by atoms with Crippen LogP contribution in [-0.4, -0.2) is 85.6 Å². The molecule has 1 fully saturated rings. The molecule has 1 unspecified atom stereocenters. The Bertz CT molecular complexity index is 1730. The third-order valence-corrected chi connectivity index (χ3v) is 9.35. The second-order valence-electron chi connectivity index (χ2n) is 13.0. The van der Waals surface area contributed by atoms with Gasteiger partial charge in [-0.3, -0.25) is 19.3 Å². The number of carbonyl (C=O) groups excluding carboxylic acids is 2. The number of para-hydroxylation sites is 2. The van der Waals surface area contributed by atoms with Gasteiger partial charge in [-0.05, 0) is 80.4 Å². The Morgan fingerprint density at radius 2 is 1.48 bits per heavy atom. The Balaban J connectivity index is 1.10. The van der Waals surface area contributed by atoms with Crippen molar-refractivity contribution in [3.8, 4) is 16.9 Å². The molecule has 0 saturated carbocycles. The van der Waals surface area contributed by atoms with Crippen LogP contribution in [0.4, 0.5) is 11.4 Å². The molecule has 9 heteroatoms. The molecule has 5 rings (SSSR count). The first-order chi connectivity index (χ1) is 24.2. The van der Waals surface area contributed by atoms with E-state index >= 15 is 0 Å². The van der Waals surface area contributed by atoms with Crippen molar-refractivity contribution in [2.24, 2.45) is 0 Å². The molecule has 50 heavy (non-hydrogen) atoms. The van der Waals surface area contributed by atoms with E-state index in [4.69, 9.17) is 4.74 Å². The van der Waals surface area contributed by atoms with E-state index in [1.165, 1.54) is 0 Å². The highest BCUT2D eigenvalue weighted by Gasteiger charge is 2.27. The number of likely N-dealkylation sites (N-methyl/N-ethyl adjacent to an activating group) is 1. The predicted molar refractivity (Wildman–Crippen MR) is 199 cm³/mol. The van der Waals surface area contributed by atoms with Crippen LogP contribution < -0.4 is 15.0 Å². The molecule has 0 aliphatic carbocycles. The molecule has 0 aromatic heterocycles. The standard InChI is InChI=1S/C41H48N4O5/c1-30-17-19-31(20-18-30)34-12-7-8-13-35(34)39(46)42-33-23-21-32(22-24-33)40(47)44(3)36-14-9-10-16-38(36)50-29-11-5-4-6-15-37(41(48)49)45-27-25-43(2)26-28-45/h7-10,12-14,16-24,37H,4-6,11,15,25-29H2,1-3H3,(H,42,46)(H,48,49). The monoisotopic (exact) mass is 676 g/mol. The van der Waals surface area contributed by atoms with Crippen LogP contribution in [-0.2, 0) is 4.79 Å². The minimum atomic E-state index is -0.730. The van der Waals surface area contributed by atoms with E-state index in [0.717, 1.165) is 68.6 Å². The van der Waals surface area contributed by atoms with Crippen LogP contribution in [0.2, 0.25) is 0 Å². The third kappa shape index (κ3) is 9.58. The van der Waals surface area contributed by atoms with Gasteiger partial charge in [-0.2, -0.15) is 0 Å². The highest BCUT2D eigenvalue weighted by atomic mass is 16.5. The molecule has 2 amide bonds. The summed E-state index contributed by atoms with van der Waals surface area (Å²) in [6, 6.07) is 29.6. The quantitative estimate of drug-likeness (QED) is 0.128. The molecule has 1 atom stereocenters. The molecule has 0 bridgehead atoms. The van der Waals surface area contributed by atoms with Gasteiger partial charge in [-0.1, -0.05) is 79.4 Å². The number of ether oxygens (including phenoxy) is 1. The minimum Gasteiger partial charge on any atom is -0.491 e. The number of unbranched alkanes of at least 4 members (excludes halogenated alkanes) is 3. The minimum absolute atomic E-state index is 0.197. The molecule has 1 heterocycles. The number of anilines is 2. The number of amides is 2. The molecule has 0 radical (unpaired) electrons. The lowest BCUT2D eigenvalue weighted by atomic mass is 9.98. The fourth-order valence-electron chi connectivity index (χ4n) is 6.29. The van der Waals surface area contributed by atoms with Gasteiger partial charge in [0.15, 0.2) is 0 Å². The number of nitrogens with zero attached hydrogens (tertiary/aromatic N) is 3. The molecule has 1 aliphatic rings. The van der Waals surface area contributed by atoms with Crippen molar-refractivity contribution >= 4 is 29.2 Å². The summed E-state index contributed by atoms with van der Waals surface area (Å²) in [5.41, 5.74) is 5.29. The summed E-state index contributed by atoms with van der Waals surface area (Å²) in [4.78, 5) is 44.6. The Labute approximate surface area is 295 Å². The van der Waals surface area contributed by atoms with E-state index in [2.05, 4.69) is 22.2 Å². The fraction of sp³-hybridized carbons (Fsp3) is 0.341. The molecule has 1 saturated heterocycles. The maximum Gasteiger partial charge on any atom is 0.320 e. The largest absolute Gasteiger partial charge is 0.491 e. The zero-order valence-electron chi connectivity index (χ0n) is 29.3. The van der Waals surface area contributed by atoms with Crippen molar-refractivity contribution in [2.75, 3.05) is 57.1 Å². The summed E-state index contributed by atoms with van der Waals surface area (Å²) in [6.07, 6.45) is 4.23. The number of aryl methyl sites for hydroxylation is 1. The molecule has 0 spiro atoms. The zero-order chi connectivity index (χ0) is 35.5. The van der Waals surface area contributed by atoms with Crippen LogP contribution in [0.25, 0.3) is 11.1 Å². The van der Waals surface area contributed by atoms with E-state index in [9.17, 15) is 19.5 Å². The van der Waals surface area contributed by atoms with E-state index in [1.54, 1.807) is 36.2 Å². The highest BCUT2D eigenvalue weighted by Crippen LogP contribution is 2.29. The maximum absolute atomic E-state index is 13.5.